The van der Waals surface area contributed by atoms with Gasteiger partial charge in [0.1, 0.15) is 17.4 Å². The van der Waals surface area contributed by atoms with E-state index in [1.54, 1.807) is 0 Å². The Morgan fingerprint density at radius 3 is 2.89 bits per heavy atom. The highest BCUT2D eigenvalue weighted by molar-refractivity contribution is 9.10. The van der Waals surface area contributed by atoms with E-state index >= 15 is 0 Å². The summed E-state index contributed by atoms with van der Waals surface area (Å²) in [5.41, 5.74) is 5.31. The van der Waals surface area contributed by atoms with Gasteiger partial charge in [-0.15, -0.1) is 0 Å². The SMILES string of the molecule is N/C(CCCCOc1cc(F)c(Cl)cc1Br)=N/O. The van der Waals surface area contributed by atoms with Crippen LogP contribution in [0.25, 0.3) is 0 Å². The molecule has 0 heterocycles. The minimum atomic E-state index is -0.522. The fraction of sp³-hybridized carbons (Fsp3) is 0.364. The number of nitrogens with two attached hydrogens (primary N) is 1. The fourth-order valence-electron chi connectivity index (χ4n) is 1.26. The first-order valence-electron chi connectivity index (χ1n) is 5.28. The molecular formula is C11H13BrClFN2O2. The van der Waals surface area contributed by atoms with Crippen LogP contribution in [0.2, 0.25) is 5.02 Å². The van der Waals surface area contributed by atoms with Crippen LogP contribution in [0.5, 0.6) is 5.75 Å². The van der Waals surface area contributed by atoms with Crippen molar-refractivity contribution in [3.8, 4) is 5.75 Å². The average molecular weight is 340 g/mol. The van der Waals surface area contributed by atoms with Gasteiger partial charge < -0.3 is 15.7 Å². The number of rotatable bonds is 6. The maximum atomic E-state index is 13.2. The molecule has 0 spiro atoms. The molecule has 3 N–H and O–H groups in total. The Bertz CT molecular complexity index is 443. The van der Waals surface area contributed by atoms with Gasteiger partial charge in [-0.2, -0.15) is 0 Å². The molecule has 0 saturated heterocycles. The van der Waals surface area contributed by atoms with Crippen molar-refractivity contribution < 1.29 is 14.3 Å². The van der Waals surface area contributed by atoms with Gasteiger partial charge in [-0.1, -0.05) is 16.8 Å². The fourth-order valence-corrected chi connectivity index (χ4v) is 2.01. The Morgan fingerprint density at radius 1 is 1.50 bits per heavy atom. The Morgan fingerprint density at radius 2 is 2.22 bits per heavy atom. The number of ether oxygens (including phenoxy) is 1. The molecule has 0 amide bonds. The largest absolute Gasteiger partial charge is 0.492 e. The van der Waals surface area contributed by atoms with Gasteiger partial charge in [0, 0.05) is 12.5 Å². The van der Waals surface area contributed by atoms with Gasteiger partial charge in [0.25, 0.3) is 0 Å². The molecule has 0 fully saturated rings. The van der Waals surface area contributed by atoms with Gasteiger partial charge in [-0.05, 0) is 34.8 Å². The summed E-state index contributed by atoms with van der Waals surface area (Å²) in [7, 11) is 0. The number of unbranched alkanes of at least 4 members (excludes halogenated alkanes) is 1. The maximum Gasteiger partial charge on any atom is 0.145 e. The number of benzene rings is 1. The molecule has 100 valence electrons. The predicted molar refractivity (Wildman–Crippen MR) is 71.9 cm³/mol. The monoisotopic (exact) mass is 338 g/mol. The highest BCUT2D eigenvalue weighted by Crippen LogP contribution is 2.30. The summed E-state index contributed by atoms with van der Waals surface area (Å²) in [5.74, 6) is 0.0703. The topological polar surface area (TPSA) is 67.8 Å². The van der Waals surface area contributed by atoms with E-state index in [4.69, 9.17) is 27.3 Å². The molecule has 1 aromatic rings. The Labute approximate surface area is 118 Å². The van der Waals surface area contributed by atoms with E-state index in [1.807, 2.05) is 0 Å². The van der Waals surface area contributed by atoms with Crippen molar-refractivity contribution in [2.24, 2.45) is 10.9 Å². The Hall–Kier alpha value is -1.01. The molecule has 0 aliphatic carbocycles. The van der Waals surface area contributed by atoms with Crippen molar-refractivity contribution >= 4 is 33.4 Å². The van der Waals surface area contributed by atoms with Crippen LogP contribution < -0.4 is 10.5 Å². The third-order valence-corrected chi connectivity index (χ3v) is 3.10. The molecule has 4 nitrogen and oxygen atoms in total. The number of nitrogens with zero attached hydrogens (tertiary/aromatic N) is 1. The summed E-state index contributed by atoms with van der Waals surface area (Å²) in [6, 6.07) is 2.68. The summed E-state index contributed by atoms with van der Waals surface area (Å²) < 4.78 is 19.2. The molecule has 1 rings (SSSR count). The summed E-state index contributed by atoms with van der Waals surface area (Å²) in [5, 5.41) is 11.2. The van der Waals surface area contributed by atoms with Crippen molar-refractivity contribution in [2.45, 2.75) is 19.3 Å². The van der Waals surface area contributed by atoms with Crippen molar-refractivity contribution in [3.63, 3.8) is 0 Å². The molecule has 0 aliphatic heterocycles. The zero-order chi connectivity index (χ0) is 13.5. The molecule has 0 unspecified atom stereocenters. The Kier molecular flexibility index (Phi) is 6.21. The van der Waals surface area contributed by atoms with Crippen LogP contribution in [0, 0.1) is 5.82 Å². The molecule has 0 aliphatic rings. The van der Waals surface area contributed by atoms with Crippen molar-refractivity contribution in [3.05, 3.63) is 27.4 Å². The van der Waals surface area contributed by atoms with E-state index in [2.05, 4.69) is 21.1 Å². The number of hydrogen-bond donors (Lipinski definition) is 2. The van der Waals surface area contributed by atoms with Gasteiger partial charge >= 0.3 is 0 Å². The zero-order valence-corrected chi connectivity index (χ0v) is 11.8. The van der Waals surface area contributed by atoms with E-state index in [0.29, 0.717) is 29.7 Å². The van der Waals surface area contributed by atoms with Crippen LogP contribution in [0.4, 0.5) is 4.39 Å². The van der Waals surface area contributed by atoms with Crippen LogP contribution in [0.15, 0.2) is 21.8 Å². The van der Waals surface area contributed by atoms with Crippen LogP contribution in [-0.2, 0) is 0 Å². The van der Waals surface area contributed by atoms with Crippen molar-refractivity contribution in [2.75, 3.05) is 6.61 Å². The molecule has 0 aromatic heterocycles. The van der Waals surface area contributed by atoms with E-state index in [-0.39, 0.29) is 10.9 Å². The van der Waals surface area contributed by atoms with Crippen molar-refractivity contribution in [1.82, 2.24) is 0 Å². The van der Waals surface area contributed by atoms with Gasteiger partial charge in [-0.3, -0.25) is 0 Å². The highest BCUT2D eigenvalue weighted by atomic mass is 79.9. The summed E-state index contributed by atoms with van der Waals surface area (Å²) in [6.07, 6.45) is 1.94. The molecule has 0 bridgehead atoms. The first kappa shape index (κ1) is 15.0. The number of halogens is 3. The molecule has 7 heteroatoms. The van der Waals surface area contributed by atoms with Crippen LogP contribution >= 0.6 is 27.5 Å². The van der Waals surface area contributed by atoms with E-state index in [9.17, 15) is 4.39 Å². The lowest BCUT2D eigenvalue weighted by Crippen LogP contribution is -2.11. The summed E-state index contributed by atoms with van der Waals surface area (Å²) in [6.45, 7) is 0.415. The third kappa shape index (κ3) is 4.70. The number of amidine groups is 1. The molecule has 1 aromatic carbocycles. The first-order valence-corrected chi connectivity index (χ1v) is 6.45. The molecule has 0 saturated carbocycles. The second-order valence-corrected chi connectivity index (χ2v) is 4.86. The van der Waals surface area contributed by atoms with E-state index in [0.717, 1.165) is 6.42 Å². The smallest absolute Gasteiger partial charge is 0.145 e. The minimum Gasteiger partial charge on any atom is -0.492 e. The molecular weight excluding hydrogens is 326 g/mol. The van der Waals surface area contributed by atoms with Gasteiger partial charge in [-0.25, -0.2) is 4.39 Å². The van der Waals surface area contributed by atoms with Crippen LogP contribution in [-0.4, -0.2) is 17.6 Å². The lowest BCUT2D eigenvalue weighted by Gasteiger charge is -2.08. The van der Waals surface area contributed by atoms with E-state index in [1.165, 1.54) is 12.1 Å². The van der Waals surface area contributed by atoms with Gasteiger partial charge in [0.15, 0.2) is 0 Å². The van der Waals surface area contributed by atoms with Crippen LogP contribution in [0.1, 0.15) is 19.3 Å². The zero-order valence-electron chi connectivity index (χ0n) is 9.50. The third-order valence-electron chi connectivity index (χ3n) is 2.19. The van der Waals surface area contributed by atoms with E-state index < -0.39 is 5.82 Å². The normalized spacial score (nSPS) is 11.6. The first-order chi connectivity index (χ1) is 8.54. The average Bonchev–Trinajstić information content (AvgIpc) is 2.34. The van der Waals surface area contributed by atoms with Crippen molar-refractivity contribution in [1.29, 1.82) is 0 Å². The van der Waals surface area contributed by atoms with Gasteiger partial charge in [0.2, 0.25) is 0 Å². The second-order valence-electron chi connectivity index (χ2n) is 3.59. The molecule has 0 radical (unpaired) electrons. The standard InChI is InChI=1S/C11H13BrClFN2O2/c12-7-5-8(13)9(14)6-10(7)18-4-2-1-3-11(15)16-17/h5-6,17H,1-4H2,(H2,15,16). The quantitative estimate of drug-likeness (QED) is 0.208. The summed E-state index contributed by atoms with van der Waals surface area (Å²) in [4.78, 5) is 0. The lowest BCUT2D eigenvalue weighted by atomic mass is 10.2. The second kappa shape index (κ2) is 7.43. The van der Waals surface area contributed by atoms with Crippen LogP contribution in [0.3, 0.4) is 0 Å². The Balaban J connectivity index is 2.38. The van der Waals surface area contributed by atoms with Gasteiger partial charge in [0.05, 0.1) is 16.1 Å². The molecule has 0 atom stereocenters. The maximum absolute atomic E-state index is 13.2. The summed E-state index contributed by atoms with van der Waals surface area (Å²) >= 11 is 8.85. The number of oxime groups is 1. The number of hydrogen-bond acceptors (Lipinski definition) is 3. The predicted octanol–water partition coefficient (Wildman–Crippen LogP) is 3.54. The molecule has 18 heavy (non-hydrogen) atoms. The highest BCUT2D eigenvalue weighted by Gasteiger charge is 2.07. The lowest BCUT2D eigenvalue weighted by molar-refractivity contribution is 0.302. The minimum absolute atomic E-state index is 0.0427.